The molecular formula is C23H22ClF3N2O7S. The van der Waals surface area contributed by atoms with Crippen molar-refractivity contribution in [2.24, 2.45) is 0 Å². The number of alkyl halides is 3. The lowest BCUT2D eigenvalue weighted by Gasteiger charge is -2.19. The lowest BCUT2D eigenvalue weighted by Crippen LogP contribution is -2.43. The van der Waals surface area contributed by atoms with E-state index in [9.17, 15) is 31.2 Å². The maximum Gasteiger partial charge on any atom is 0.422 e. The molecule has 0 atom stereocenters. The number of carbonyl (C=O) groups excluding carboxylic acids is 1. The summed E-state index contributed by atoms with van der Waals surface area (Å²) in [6.07, 6.45) is -5.92. The van der Waals surface area contributed by atoms with Crippen LogP contribution in [0, 0.1) is 0 Å². The van der Waals surface area contributed by atoms with Crippen LogP contribution < -0.4 is 19.6 Å². The molecule has 0 radical (unpaired) electrons. The molecule has 0 saturated carbocycles. The molecule has 1 aromatic heterocycles. The molecule has 14 heteroatoms. The van der Waals surface area contributed by atoms with E-state index < -0.39 is 52.2 Å². The Hall–Kier alpha value is -3.29. The standard InChI is InChI=1S/C23H22ClF3N2O7S/c1-22(2,3)36-21(31)29-37(32,33)28-9-10-34-18-11-13(23(25,26)27)7-8-15(18)19-12-17(30)14-5-4-6-16(24)20(14)35-19/h4-8,11-12,28H,9-10H2,1-3H3,(H,29,31). The average Bonchev–Trinajstić information content (AvgIpc) is 2.75. The second kappa shape index (κ2) is 10.6. The molecular weight excluding hydrogens is 541 g/mol. The Balaban J connectivity index is 1.84. The Morgan fingerprint density at radius 3 is 2.46 bits per heavy atom. The molecule has 2 N–H and O–H groups in total. The highest BCUT2D eigenvalue weighted by Gasteiger charge is 2.32. The van der Waals surface area contributed by atoms with E-state index in [1.54, 1.807) is 31.6 Å². The highest BCUT2D eigenvalue weighted by atomic mass is 35.5. The van der Waals surface area contributed by atoms with Gasteiger partial charge < -0.3 is 13.9 Å². The third-order valence-electron chi connectivity index (χ3n) is 4.55. The first-order valence-corrected chi connectivity index (χ1v) is 12.5. The summed E-state index contributed by atoms with van der Waals surface area (Å²) in [6.45, 7) is 3.75. The Morgan fingerprint density at radius 1 is 1.11 bits per heavy atom. The predicted octanol–water partition coefficient (Wildman–Crippen LogP) is 4.87. The summed E-state index contributed by atoms with van der Waals surface area (Å²) in [5.74, 6) is -0.440. The number of fused-ring (bicyclic) bond motifs is 1. The Morgan fingerprint density at radius 2 is 1.81 bits per heavy atom. The first kappa shape index (κ1) is 28.3. The van der Waals surface area contributed by atoms with Crippen LogP contribution in [0.1, 0.15) is 26.3 Å². The smallest absolute Gasteiger partial charge is 0.422 e. The van der Waals surface area contributed by atoms with E-state index in [2.05, 4.69) is 0 Å². The monoisotopic (exact) mass is 562 g/mol. The van der Waals surface area contributed by atoms with Crippen LogP contribution in [0.5, 0.6) is 5.75 Å². The summed E-state index contributed by atoms with van der Waals surface area (Å²) in [4.78, 5) is 24.2. The molecule has 2 aromatic carbocycles. The lowest BCUT2D eigenvalue weighted by atomic mass is 10.1. The quantitative estimate of drug-likeness (QED) is 0.394. The fourth-order valence-electron chi connectivity index (χ4n) is 3.08. The van der Waals surface area contributed by atoms with Gasteiger partial charge in [-0.2, -0.15) is 26.3 Å². The largest absolute Gasteiger partial charge is 0.491 e. The fourth-order valence-corrected chi connectivity index (χ4v) is 3.98. The van der Waals surface area contributed by atoms with Crippen LogP contribution in [0.25, 0.3) is 22.3 Å². The van der Waals surface area contributed by atoms with Crippen molar-refractivity contribution in [3.05, 3.63) is 63.3 Å². The molecule has 200 valence electrons. The van der Waals surface area contributed by atoms with Gasteiger partial charge in [0.2, 0.25) is 0 Å². The second-order valence-electron chi connectivity index (χ2n) is 8.65. The minimum Gasteiger partial charge on any atom is -0.491 e. The summed E-state index contributed by atoms with van der Waals surface area (Å²) >= 11 is 6.11. The summed E-state index contributed by atoms with van der Waals surface area (Å²) in [5.41, 5.74) is -2.42. The molecule has 0 saturated heterocycles. The van der Waals surface area contributed by atoms with Crippen LogP contribution in [0.3, 0.4) is 0 Å². The molecule has 0 unspecified atom stereocenters. The van der Waals surface area contributed by atoms with Gasteiger partial charge in [-0.15, -0.1) is 0 Å². The maximum absolute atomic E-state index is 13.3. The number of hydrogen-bond donors (Lipinski definition) is 2. The minimum absolute atomic E-state index is 0.00153. The molecule has 9 nitrogen and oxygen atoms in total. The number of nitrogens with one attached hydrogen (secondary N) is 2. The molecule has 1 amide bonds. The van der Waals surface area contributed by atoms with E-state index in [-0.39, 0.29) is 33.1 Å². The van der Waals surface area contributed by atoms with Crippen molar-refractivity contribution in [3.63, 3.8) is 0 Å². The molecule has 0 bridgehead atoms. The highest BCUT2D eigenvalue weighted by Crippen LogP contribution is 2.38. The zero-order valence-corrected chi connectivity index (χ0v) is 21.3. The number of para-hydroxylation sites is 1. The topological polar surface area (TPSA) is 124 Å². The van der Waals surface area contributed by atoms with E-state index in [0.717, 1.165) is 18.2 Å². The van der Waals surface area contributed by atoms with Crippen molar-refractivity contribution in [1.82, 2.24) is 9.44 Å². The molecule has 1 heterocycles. The molecule has 37 heavy (non-hydrogen) atoms. The molecule has 0 aliphatic heterocycles. The van der Waals surface area contributed by atoms with Crippen LogP contribution >= 0.6 is 11.6 Å². The van der Waals surface area contributed by atoms with Crippen LogP contribution in [0.2, 0.25) is 5.02 Å². The van der Waals surface area contributed by atoms with E-state index in [1.807, 2.05) is 4.72 Å². The Bertz CT molecular complexity index is 1480. The van der Waals surface area contributed by atoms with Gasteiger partial charge in [0.05, 0.1) is 21.5 Å². The van der Waals surface area contributed by atoms with Gasteiger partial charge in [-0.3, -0.25) is 4.79 Å². The Labute approximate surface area is 214 Å². The lowest BCUT2D eigenvalue weighted by molar-refractivity contribution is -0.137. The molecule has 0 aliphatic rings. The van der Waals surface area contributed by atoms with Crippen molar-refractivity contribution < 1.29 is 40.3 Å². The summed E-state index contributed by atoms with van der Waals surface area (Å²) in [7, 11) is -4.35. The fraction of sp³-hybridized carbons (Fsp3) is 0.304. The summed E-state index contributed by atoms with van der Waals surface area (Å²) < 4.78 is 83.6. The van der Waals surface area contributed by atoms with Gasteiger partial charge in [-0.25, -0.2) is 9.52 Å². The van der Waals surface area contributed by atoms with Crippen molar-refractivity contribution in [2.75, 3.05) is 13.2 Å². The van der Waals surface area contributed by atoms with Gasteiger partial charge in [0.1, 0.15) is 23.7 Å². The maximum atomic E-state index is 13.3. The molecule has 3 aromatic rings. The molecule has 0 spiro atoms. The molecule has 0 aliphatic carbocycles. The van der Waals surface area contributed by atoms with Crippen molar-refractivity contribution in [3.8, 4) is 17.1 Å². The number of halogens is 4. The highest BCUT2D eigenvalue weighted by molar-refractivity contribution is 7.88. The van der Waals surface area contributed by atoms with Gasteiger partial charge in [0.15, 0.2) is 11.0 Å². The number of benzene rings is 2. The van der Waals surface area contributed by atoms with E-state index in [1.165, 1.54) is 12.1 Å². The third kappa shape index (κ3) is 7.60. The molecule has 0 fully saturated rings. The van der Waals surface area contributed by atoms with E-state index in [0.29, 0.717) is 6.07 Å². The van der Waals surface area contributed by atoms with Gasteiger partial charge in [-0.05, 0) is 51.1 Å². The Kier molecular flexibility index (Phi) is 8.10. The third-order valence-corrected chi connectivity index (χ3v) is 5.87. The van der Waals surface area contributed by atoms with Crippen LogP contribution in [0.4, 0.5) is 18.0 Å². The van der Waals surface area contributed by atoms with E-state index >= 15 is 0 Å². The number of hydrogen-bond acceptors (Lipinski definition) is 7. The number of carbonyl (C=O) groups is 1. The van der Waals surface area contributed by atoms with Gasteiger partial charge in [0, 0.05) is 12.6 Å². The van der Waals surface area contributed by atoms with Crippen LogP contribution in [-0.4, -0.2) is 33.3 Å². The zero-order valence-electron chi connectivity index (χ0n) is 19.7. The zero-order chi connectivity index (χ0) is 27.6. The van der Waals surface area contributed by atoms with Gasteiger partial charge >= 0.3 is 22.5 Å². The van der Waals surface area contributed by atoms with Gasteiger partial charge in [0.25, 0.3) is 0 Å². The van der Waals surface area contributed by atoms with E-state index in [4.69, 9.17) is 25.5 Å². The van der Waals surface area contributed by atoms with Crippen LogP contribution in [0.15, 0.2) is 51.7 Å². The van der Waals surface area contributed by atoms with Crippen LogP contribution in [-0.2, 0) is 21.1 Å². The summed E-state index contributed by atoms with van der Waals surface area (Å²) in [6, 6.07) is 8.14. The summed E-state index contributed by atoms with van der Waals surface area (Å²) in [5, 5.41) is 0.301. The average molecular weight is 563 g/mol. The normalized spacial score (nSPS) is 12.4. The number of amides is 1. The number of rotatable bonds is 7. The first-order valence-electron chi connectivity index (χ1n) is 10.6. The number of ether oxygens (including phenoxy) is 2. The van der Waals surface area contributed by atoms with Gasteiger partial charge in [-0.1, -0.05) is 17.7 Å². The predicted molar refractivity (Wildman–Crippen MR) is 130 cm³/mol. The molecule has 3 rings (SSSR count). The minimum atomic E-state index is -4.71. The second-order valence-corrected chi connectivity index (χ2v) is 10.6. The SMILES string of the molecule is CC(C)(C)OC(=O)NS(=O)(=O)NCCOc1cc(C(F)(F)F)ccc1-c1cc(=O)c2cccc(Cl)c2o1. The first-order chi connectivity index (χ1) is 17.1. The van der Waals surface area contributed by atoms with Crippen molar-refractivity contribution >= 4 is 38.9 Å². The van der Waals surface area contributed by atoms with Crippen molar-refractivity contribution in [1.29, 1.82) is 0 Å². The van der Waals surface area contributed by atoms with Crippen molar-refractivity contribution in [2.45, 2.75) is 32.5 Å².